The molecule has 0 spiro atoms. The van der Waals surface area contributed by atoms with Crippen molar-refractivity contribution in [2.24, 2.45) is 5.92 Å². The molecule has 0 amide bonds. The van der Waals surface area contributed by atoms with E-state index in [1.807, 2.05) is 49.5 Å². The third kappa shape index (κ3) is 4.00. The molecule has 0 aliphatic carbocycles. The van der Waals surface area contributed by atoms with Crippen LogP contribution in [0.25, 0.3) is 22.4 Å². The maximum absolute atomic E-state index is 10.5. The van der Waals surface area contributed by atoms with Crippen molar-refractivity contribution in [3.63, 3.8) is 0 Å². The van der Waals surface area contributed by atoms with Crippen LogP contribution in [-0.2, 0) is 0 Å². The monoisotopic (exact) mass is 401 g/mol. The van der Waals surface area contributed by atoms with E-state index in [1.54, 1.807) is 6.07 Å². The minimum Gasteiger partial charge on any atom is -0.507 e. The lowest BCUT2D eigenvalue weighted by molar-refractivity contribution is 0.311. The molecule has 2 aliphatic rings. The highest BCUT2D eigenvalue weighted by molar-refractivity contribution is 5.74. The number of pyridine rings is 1. The number of hydrogen-bond donors (Lipinski definition) is 3. The maximum Gasteiger partial charge on any atom is 0.148 e. The Balaban J connectivity index is 1.25. The van der Waals surface area contributed by atoms with Gasteiger partial charge in [0.05, 0.1) is 5.69 Å². The summed E-state index contributed by atoms with van der Waals surface area (Å²) >= 11 is 0. The van der Waals surface area contributed by atoms with Crippen LogP contribution in [-0.4, -0.2) is 38.9 Å². The zero-order chi connectivity index (χ0) is 20.5. The second-order valence-corrected chi connectivity index (χ2v) is 8.58. The van der Waals surface area contributed by atoms with Crippen molar-refractivity contribution in [1.82, 2.24) is 20.5 Å². The van der Waals surface area contributed by atoms with E-state index in [-0.39, 0.29) is 5.75 Å². The number of aromatic hydroxyl groups is 1. The molecule has 2 aliphatic heterocycles. The van der Waals surface area contributed by atoms with Crippen molar-refractivity contribution in [1.29, 1.82) is 0 Å². The van der Waals surface area contributed by atoms with Gasteiger partial charge in [-0.2, -0.15) is 0 Å². The Morgan fingerprint density at radius 3 is 2.47 bits per heavy atom. The molecule has 2 saturated heterocycles. The van der Waals surface area contributed by atoms with Gasteiger partial charge >= 0.3 is 0 Å². The zero-order valence-electron chi connectivity index (χ0n) is 17.2. The number of fused-ring (bicyclic) bond motifs is 2. The summed E-state index contributed by atoms with van der Waals surface area (Å²) in [5.41, 5.74) is 4.20. The molecule has 1 aromatic carbocycles. The van der Waals surface area contributed by atoms with Gasteiger partial charge in [0.15, 0.2) is 0 Å². The van der Waals surface area contributed by atoms with Gasteiger partial charge in [-0.05, 0) is 74.4 Å². The molecule has 6 nitrogen and oxygen atoms in total. The molecular formula is C24H27N5O. The third-order valence-corrected chi connectivity index (χ3v) is 6.33. The van der Waals surface area contributed by atoms with Crippen LogP contribution >= 0.6 is 0 Å². The number of piperidine rings is 1. The van der Waals surface area contributed by atoms with E-state index < -0.39 is 0 Å². The second kappa shape index (κ2) is 8.03. The Morgan fingerprint density at radius 1 is 1.00 bits per heavy atom. The van der Waals surface area contributed by atoms with Crippen molar-refractivity contribution in [3.05, 3.63) is 54.4 Å². The van der Waals surface area contributed by atoms with Gasteiger partial charge in [0.1, 0.15) is 11.6 Å². The highest BCUT2D eigenvalue weighted by Gasteiger charge is 2.33. The third-order valence-electron chi connectivity index (χ3n) is 6.33. The van der Waals surface area contributed by atoms with Crippen LogP contribution < -0.4 is 10.6 Å². The van der Waals surface area contributed by atoms with E-state index in [4.69, 9.17) is 0 Å². The van der Waals surface area contributed by atoms with Gasteiger partial charge < -0.3 is 15.7 Å². The van der Waals surface area contributed by atoms with E-state index in [2.05, 4.69) is 25.8 Å². The molecule has 0 saturated carbocycles. The number of nitrogens with one attached hydrogen (secondary N) is 2. The predicted octanol–water partition coefficient (Wildman–Crippen LogP) is 4.16. The van der Waals surface area contributed by atoms with Crippen LogP contribution in [0, 0.1) is 12.8 Å². The summed E-state index contributed by atoms with van der Waals surface area (Å²) in [5.74, 6) is 1.66. The molecule has 2 aromatic heterocycles. The minimum absolute atomic E-state index is 0.188. The average Bonchev–Trinajstić information content (AvgIpc) is 3.11. The summed E-state index contributed by atoms with van der Waals surface area (Å²) in [6.45, 7) is 2.89. The van der Waals surface area contributed by atoms with Gasteiger partial charge in [-0.1, -0.05) is 12.1 Å². The average molecular weight is 402 g/mol. The molecule has 5 rings (SSSR count). The Bertz CT molecular complexity index is 1010. The van der Waals surface area contributed by atoms with Crippen LogP contribution in [0.5, 0.6) is 5.75 Å². The van der Waals surface area contributed by atoms with Crippen LogP contribution in [0.2, 0.25) is 0 Å². The maximum atomic E-state index is 10.5. The number of benzene rings is 1. The number of nitrogens with zero attached hydrogens (tertiary/aromatic N) is 3. The smallest absolute Gasteiger partial charge is 0.148 e. The summed E-state index contributed by atoms with van der Waals surface area (Å²) in [6, 6.07) is 14.8. The summed E-state index contributed by atoms with van der Waals surface area (Å²) in [6.07, 6.45) is 6.94. The molecule has 2 bridgehead atoms. The lowest BCUT2D eigenvalue weighted by Gasteiger charge is -2.29. The molecule has 2 fully saturated rings. The Kier molecular flexibility index (Phi) is 5.09. The fraction of sp³-hybridized carbons (Fsp3) is 0.375. The summed E-state index contributed by atoms with van der Waals surface area (Å²) in [4.78, 5) is 4.32. The first-order chi connectivity index (χ1) is 14.6. The topological polar surface area (TPSA) is 83.0 Å². The molecule has 6 heteroatoms. The number of aromatic nitrogens is 3. The first-order valence-electron chi connectivity index (χ1n) is 10.7. The first kappa shape index (κ1) is 19.0. The van der Waals surface area contributed by atoms with Crippen molar-refractivity contribution in [2.45, 2.75) is 44.7 Å². The number of anilines is 1. The van der Waals surface area contributed by atoms with Crippen molar-refractivity contribution >= 4 is 5.82 Å². The number of hydrogen-bond acceptors (Lipinski definition) is 6. The van der Waals surface area contributed by atoms with Crippen LogP contribution in [0.4, 0.5) is 5.82 Å². The van der Waals surface area contributed by atoms with E-state index in [0.29, 0.717) is 29.3 Å². The highest BCUT2D eigenvalue weighted by Crippen LogP contribution is 2.33. The van der Waals surface area contributed by atoms with Crippen LogP contribution in [0.1, 0.15) is 31.4 Å². The van der Waals surface area contributed by atoms with Gasteiger partial charge in [-0.3, -0.25) is 4.98 Å². The van der Waals surface area contributed by atoms with Gasteiger partial charge in [-0.15, -0.1) is 10.2 Å². The quantitative estimate of drug-likeness (QED) is 0.595. The molecule has 0 radical (unpaired) electrons. The van der Waals surface area contributed by atoms with E-state index in [1.165, 1.54) is 25.7 Å². The summed E-state index contributed by atoms with van der Waals surface area (Å²) in [5, 5.41) is 26.3. The van der Waals surface area contributed by atoms with E-state index in [9.17, 15) is 5.11 Å². The predicted molar refractivity (Wildman–Crippen MR) is 118 cm³/mol. The molecule has 4 heterocycles. The summed E-state index contributed by atoms with van der Waals surface area (Å²) < 4.78 is 0. The molecule has 2 atom stereocenters. The molecule has 3 aromatic rings. The molecule has 3 N–H and O–H groups in total. The number of phenolic OH excluding ortho intramolecular Hbond substituents is 1. The number of phenols is 1. The molecule has 2 unspecified atom stereocenters. The van der Waals surface area contributed by atoms with Gasteiger partial charge in [0.25, 0.3) is 0 Å². The highest BCUT2D eigenvalue weighted by atomic mass is 16.3. The van der Waals surface area contributed by atoms with Crippen molar-refractivity contribution in [2.75, 3.05) is 11.9 Å². The lowest BCUT2D eigenvalue weighted by Crippen LogP contribution is -2.40. The normalized spacial score (nSPS) is 22.8. The standard InChI is InChI=1S/C24H27N5O/c1-15-2-3-18(14-25-15)17-4-7-21(23(30)12-17)22-8-9-24(29-28-22)26-13-16-10-19-5-6-20(11-16)27-19/h2-4,7-9,12,14,16,19-20,27,30H,5-6,10-11,13H2,1H3,(H,26,29). The van der Waals surface area contributed by atoms with Gasteiger partial charge in [0, 0.05) is 41.6 Å². The minimum atomic E-state index is 0.188. The number of rotatable bonds is 5. The number of aryl methyl sites for hydroxylation is 1. The Hall–Kier alpha value is -2.99. The molecular weight excluding hydrogens is 374 g/mol. The molecule has 30 heavy (non-hydrogen) atoms. The van der Waals surface area contributed by atoms with Gasteiger partial charge in [0.2, 0.25) is 0 Å². The van der Waals surface area contributed by atoms with Gasteiger partial charge in [-0.25, -0.2) is 0 Å². The van der Waals surface area contributed by atoms with E-state index in [0.717, 1.165) is 29.2 Å². The fourth-order valence-corrected chi connectivity index (χ4v) is 4.73. The molecule has 154 valence electrons. The van der Waals surface area contributed by atoms with Crippen LogP contribution in [0.15, 0.2) is 48.7 Å². The van der Waals surface area contributed by atoms with Crippen LogP contribution in [0.3, 0.4) is 0 Å². The first-order valence-corrected chi connectivity index (χ1v) is 10.7. The SMILES string of the molecule is Cc1ccc(-c2ccc(-c3ccc(NCC4CC5CCC(C4)N5)nn3)c(O)c2)cn1. The zero-order valence-corrected chi connectivity index (χ0v) is 17.2. The Labute approximate surface area is 176 Å². The largest absolute Gasteiger partial charge is 0.507 e. The Morgan fingerprint density at radius 2 is 1.80 bits per heavy atom. The lowest BCUT2D eigenvalue weighted by atomic mass is 9.92. The van der Waals surface area contributed by atoms with E-state index >= 15 is 0 Å². The van der Waals surface area contributed by atoms with Crippen molar-refractivity contribution in [3.8, 4) is 28.1 Å². The summed E-state index contributed by atoms with van der Waals surface area (Å²) in [7, 11) is 0. The fourth-order valence-electron chi connectivity index (χ4n) is 4.73. The van der Waals surface area contributed by atoms with Crippen molar-refractivity contribution < 1.29 is 5.11 Å². The second-order valence-electron chi connectivity index (χ2n) is 8.58.